The van der Waals surface area contributed by atoms with Gasteiger partial charge in [0, 0.05) is 18.0 Å². The van der Waals surface area contributed by atoms with Crippen molar-refractivity contribution in [3.05, 3.63) is 71.9 Å². The predicted molar refractivity (Wildman–Crippen MR) is 105 cm³/mol. The van der Waals surface area contributed by atoms with Crippen molar-refractivity contribution >= 4 is 28.6 Å². The van der Waals surface area contributed by atoms with Crippen LogP contribution in [0.1, 0.15) is 11.1 Å². The lowest BCUT2D eigenvalue weighted by Crippen LogP contribution is -2.45. The molecule has 1 unspecified atom stereocenters. The van der Waals surface area contributed by atoms with Crippen LogP contribution in [0.4, 0.5) is 10.5 Å². The second-order valence-corrected chi connectivity index (χ2v) is 6.20. The molecule has 27 heavy (non-hydrogen) atoms. The third-order valence-corrected chi connectivity index (χ3v) is 4.31. The number of benzene rings is 2. The van der Waals surface area contributed by atoms with Crippen LogP contribution in [-0.4, -0.2) is 30.1 Å². The fraction of sp³-hybridized carbons (Fsp3) is 0.190. The standard InChI is InChI=1S/C21H21N3O3/c1-14-10-11-17(16-9-6-12-22-19(14)16)23-20(25)18(24-21(26)27-2)13-15-7-4-3-5-8-15/h3-12,18H,13H2,1-2H3,(H,23,25)(H,24,26). The molecule has 0 saturated carbocycles. The normalized spacial score (nSPS) is 11.6. The zero-order valence-corrected chi connectivity index (χ0v) is 15.2. The maximum absolute atomic E-state index is 12.9. The van der Waals surface area contributed by atoms with Crippen LogP contribution in [0.15, 0.2) is 60.8 Å². The topological polar surface area (TPSA) is 80.3 Å². The van der Waals surface area contributed by atoms with Crippen molar-refractivity contribution in [1.82, 2.24) is 10.3 Å². The summed E-state index contributed by atoms with van der Waals surface area (Å²) in [6.07, 6.45) is 1.42. The molecule has 1 aromatic heterocycles. The van der Waals surface area contributed by atoms with Gasteiger partial charge < -0.3 is 15.4 Å². The van der Waals surface area contributed by atoms with Gasteiger partial charge in [-0.25, -0.2) is 4.79 Å². The van der Waals surface area contributed by atoms with E-state index in [4.69, 9.17) is 0 Å². The van der Waals surface area contributed by atoms with Crippen LogP contribution in [0.3, 0.4) is 0 Å². The summed E-state index contributed by atoms with van der Waals surface area (Å²) in [5, 5.41) is 6.37. The zero-order valence-electron chi connectivity index (χ0n) is 15.2. The lowest BCUT2D eigenvalue weighted by molar-refractivity contribution is -0.118. The van der Waals surface area contributed by atoms with Gasteiger partial charge in [0.25, 0.3) is 0 Å². The Kier molecular flexibility index (Phi) is 5.66. The third-order valence-electron chi connectivity index (χ3n) is 4.31. The largest absolute Gasteiger partial charge is 0.453 e. The van der Waals surface area contributed by atoms with Crippen LogP contribution in [0, 0.1) is 6.92 Å². The van der Waals surface area contributed by atoms with E-state index < -0.39 is 12.1 Å². The fourth-order valence-corrected chi connectivity index (χ4v) is 2.90. The fourth-order valence-electron chi connectivity index (χ4n) is 2.90. The third kappa shape index (κ3) is 4.41. The number of ether oxygens (including phenoxy) is 1. The van der Waals surface area contributed by atoms with E-state index in [0.29, 0.717) is 12.1 Å². The molecule has 0 radical (unpaired) electrons. The molecule has 0 saturated heterocycles. The second kappa shape index (κ2) is 8.31. The summed E-state index contributed by atoms with van der Waals surface area (Å²) in [4.78, 5) is 29.0. The van der Waals surface area contributed by atoms with Gasteiger partial charge in [-0.2, -0.15) is 0 Å². The first-order valence-corrected chi connectivity index (χ1v) is 8.62. The highest BCUT2D eigenvalue weighted by atomic mass is 16.5. The average Bonchev–Trinajstić information content (AvgIpc) is 2.70. The molecule has 3 aromatic rings. The van der Waals surface area contributed by atoms with Crippen molar-refractivity contribution in [3.63, 3.8) is 0 Å². The molecule has 6 heteroatoms. The predicted octanol–water partition coefficient (Wildman–Crippen LogP) is 3.45. The summed E-state index contributed by atoms with van der Waals surface area (Å²) in [5.74, 6) is -0.321. The number of nitrogens with zero attached hydrogens (tertiary/aromatic N) is 1. The highest BCUT2D eigenvalue weighted by Crippen LogP contribution is 2.24. The summed E-state index contributed by atoms with van der Waals surface area (Å²) >= 11 is 0. The summed E-state index contributed by atoms with van der Waals surface area (Å²) in [7, 11) is 1.27. The highest BCUT2D eigenvalue weighted by molar-refractivity contribution is 6.04. The van der Waals surface area contributed by atoms with E-state index in [1.165, 1.54) is 7.11 Å². The van der Waals surface area contributed by atoms with Gasteiger partial charge in [0.05, 0.1) is 18.3 Å². The summed E-state index contributed by atoms with van der Waals surface area (Å²) in [6.45, 7) is 1.97. The first kappa shape index (κ1) is 18.4. The number of methoxy groups -OCH3 is 1. The maximum Gasteiger partial charge on any atom is 0.407 e. The van der Waals surface area contributed by atoms with E-state index in [1.54, 1.807) is 6.20 Å². The molecule has 2 N–H and O–H groups in total. The molecule has 0 aliphatic heterocycles. The van der Waals surface area contributed by atoms with E-state index in [0.717, 1.165) is 22.0 Å². The van der Waals surface area contributed by atoms with E-state index >= 15 is 0 Å². The second-order valence-electron chi connectivity index (χ2n) is 6.20. The van der Waals surface area contributed by atoms with Crippen LogP contribution in [0.2, 0.25) is 0 Å². The Morgan fingerprint density at radius 2 is 1.85 bits per heavy atom. The number of hydrogen-bond acceptors (Lipinski definition) is 4. The number of carbonyl (C=O) groups is 2. The van der Waals surface area contributed by atoms with Crippen LogP contribution in [0.5, 0.6) is 0 Å². The first-order chi connectivity index (χ1) is 13.1. The Balaban J connectivity index is 1.86. The minimum atomic E-state index is -0.770. The Labute approximate surface area is 157 Å². The van der Waals surface area contributed by atoms with Gasteiger partial charge in [-0.15, -0.1) is 0 Å². The number of aryl methyl sites for hydroxylation is 1. The Morgan fingerprint density at radius 3 is 2.59 bits per heavy atom. The van der Waals surface area contributed by atoms with Crippen LogP contribution in [-0.2, 0) is 16.0 Å². The number of alkyl carbamates (subject to hydrolysis) is 1. The van der Waals surface area contributed by atoms with Gasteiger partial charge in [-0.1, -0.05) is 36.4 Å². The minimum absolute atomic E-state index is 0.321. The molecule has 138 valence electrons. The van der Waals surface area contributed by atoms with Crippen LogP contribution < -0.4 is 10.6 Å². The van der Waals surface area contributed by atoms with Gasteiger partial charge in [-0.05, 0) is 36.2 Å². The highest BCUT2D eigenvalue weighted by Gasteiger charge is 2.22. The van der Waals surface area contributed by atoms with Crippen molar-refractivity contribution in [1.29, 1.82) is 0 Å². The number of carbonyl (C=O) groups excluding carboxylic acids is 2. The zero-order chi connectivity index (χ0) is 19.2. The Morgan fingerprint density at radius 1 is 1.07 bits per heavy atom. The van der Waals surface area contributed by atoms with Crippen molar-refractivity contribution in [3.8, 4) is 0 Å². The monoisotopic (exact) mass is 363 g/mol. The van der Waals surface area contributed by atoms with E-state index in [9.17, 15) is 9.59 Å². The first-order valence-electron chi connectivity index (χ1n) is 8.62. The molecule has 1 atom stereocenters. The molecule has 0 fully saturated rings. The molecule has 6 nitrogen and oxygen atoms in total. The number of hydrogen-bond donors (Lipinski definition) is 2. The number of nitrogens with one attached hydrogen (secondary N) is 2. The Bertz CT molecular complexity index is 957. The molecular formula is C21H21N3O3. The van der Waals surface area contributed by atoms with Crippen LogP contribution in [0.25, 0.3) is 10.9 Å². The van der Waals surface area contributed by atoms with Crippen molar-refractivity contribution in [2.24, 2.45) is 0 Å². The molecule has 2 amide bonds. The summed E-state index contributed by atoms with van der Waals surface area (Å²) in [5.41, 5.74) is 3.44. The lowest BCUT2D eigenvalue weighted by atomic mass is 10.0. The van der Waals surface area contributed by atoms with Gasteiger partial charge >= 0.3 is 6.09 Å². The molecule has 0 aliphatic carbocycles. The van der Waals surface area contributed by atoms with E-state index in [-0.39, 0.29) is 5.91 Å². The number of fused-ring (bicyclic) bond motifs is 1. The van der Waals surface area contributed by atoms with Gasteiger partial charge in [-0.3, -0.25) is 9.78 Å². The molecule has 0 spiro atoms. The Hall–Kier alpha value is -3.41. The van der Waals surface area contributed by atoms with Gasteiger partial charge in [0.2, 0.25) is 5.91 Å². The summed E-state index contributed by atoms with van der Waals surface area (Å²) in [6, 6.07) is 16.2. The molecule has 2 aromatic carbocycles. The van der Waals surface area contributed by atoms with E-state index in [1.807, 2.05) is 61.5 Å². The summed E-state index contributed by atoms with van der Waals surface area (Å²) < 4.78 is 4.66. The van der Waals surface area contributed by atoms with Gasteiger partial charge in [0.1, 0.15) is 6.04 Å². The average molecular weight is 363 g/mol. The smallest absolute Gasteiger partial charge is 0.407 e. The SMILES string of the molecule is COC(=O)NC(Cc1ccccc1)C(=O)Nc1ccc(C)c2ncccc12. The number of rotatable bonds is 5. The van der Waals surface area contributed by atoms with Crippen LogP contribution >= 0.6 is 0 Å². The number of aromatic nitrogens is 1. The van der Waals surface area contributed by atoms with Gasteiger partial charge in [0.15, 0.2) is 0 Å². The quantitative estimate of drug-likeness (QED) is 0.728. The molecule has 3 rings (SSSR count). The molecule has 0 bridgehead atoms. The number of amides is 2. The maximum atomic E-state index is 12.9. The molecular weight excluding hydrogens is 342 g/mol. The van der Waals surface area contributed by atoms with Crippen molar-refractivity contribution < 1.29 is 14.3 Å². The van der Waals surface area contributed by atoms with Crippen molar-refractivity contribution in [2.75, 3.05) is 12.4 Å². The number of anilines is 1. The van der Waals surface area contributed by atoms with E-state index in [2.05, 4.69) is 20.4 Å². The molecule has 1 heterocycles. The lowest BCUT2D eigenvalue weighted by Gasteiger charge is -2.19. The molecule has 0 aliphatic rings. The van der Waals surface area contributed by atoms with Crippen molar-refractivity contribution in [2.45, 2.75) is 19.4 Å². The minimum Gasteiger partial charge on any atom is -0.453 e. The number of pyridine rings is 1.